The van der Waals surface area contributed by atoms with Crippen LogP contribution in [0.5, 0.6) is 5.75 Å². The van der Waals surface area contributed by atoms with Gasteiger partial charge < -0.3 is 81.0 Å². The minimum Gasteiger partial charge on any atom is -0.508 e. The molecule has 0 bridgehead atoms. The Balaban J connectivity index is -0.000000251. The second-order valence-corrected chi connectivity index (χ2v) is 9.11. The van der Waals surface area contributed by atoms with E-state index in [9.17, 15) is 33.6 Å². The second kappa shape index (κ2) is 27.3. The van der Waals surface area contributed by atoms with Gasteiger partial charge >= 0.3 is 29.8 Å². The van der Waals surface area contributed by atoms with Gasteiger partial charge in [0.1, 0.15) is 36.0 Å². The SMILES string of the molecule is C[C@@H](O)[C@H](N)C(=O)O.NC(=O)CC[C@H](N)C(=O)O.NC(=O)C[C@H](N)C(=O)O.N[C@@H](CO)C(=O)O.N[C@@H](Cc1ccc(O)cc1)C(=O)O. The lowest BCUT2D eigenvalue weighted by molar-refractivity contribution is -0.141. The number of carbonyl (C=O) groups is 7. The van der Waals surface area contributed by atoms with E-state index >= 15 is 0 Å². The number of phenols is 1. The lowest BCUT2D eigenvalue weighted by atomic mass is 10.1. The Morgan fingerprint density at radius 3 is 1.26 bits per heavy atom. The molecule has 1 rings (SSSR count). The number of nitrogens with two attached hydrogens (primary N) is 7. The molecular weight excluding hydrogens is 638 g/mol. The van der Waals surface area contributed by atoms with Crippen LogP contribution < -0.4 is 40.1 Å². The summed E-state index contributed by atoms with van der Waals surface area (Å²) in [5.41, 5.74) is 35.2. The highest BCUT2D eigenvalue weighted by Gasteiger charge is 2.16. The second-order valence-electron chi connectivity index (χ2n) is 9.11. The fourth-order valence-corrected chi connectivity index (χ4v) is 1.98. The van der Waals surface area contributed by atoms with Crippen LogP contribution >= 0.6 is 0 Å². The van der Waals surface area contributed by atoms with E-state index < -0.39 is 84.6 Å². The summed E-state index contributed by atoms with van der Waals surface area (Å²) in [6.45, 7) is 0.827. The molecular formula is C25H45N7O15. The first-order valence-electron chi connectivity index (χ1n) is 13.0. The van der Waals surface area contributed by atoms with Gasteiger partial charge in [0, 0.05) is 6.42 Å². The van der Waals surface area contributed by atoms with Gasteiger partial charge in [-0.15, -0.1) is 0 Å². The first-order valence-corrected chi connectivity index (χ1v) is 13.0. The highest BCUT2D eigenvalue weighted by atomic mass is 16.4. The van der Waals surface area contributed by atoms with Crippen LogP contribution in [-0.4, -0.2) is 125 Å². The molecule has 0 aliphatic carbocycles. The van der Waals surface area contributed by atoms with Crippen molar-refractivity contribution in [3.05, 3.63) is 29.8 Å². The number of carboxylic acids is 5. The van der Waals surface area contributed by atoms with E-state index in [4.69, 9.17) is 75.3 Å². The molecule has 22 N–H and O–H groups in total. The molecule has 0 saturated heterocycles. The zero-order valence-corrected chi connectivity index (χ0v) is 25.3. The maximum absolute atomic E-state index is 10.4. The van der Waals surface area contributed by atoms with Crippen molar-refractivity contribution in [3.8, 4) is 5.75 Å². The Kier molecular flexibility index (Phi) is 28.5. The molecule has 22 nitrogen and oxygen atoms in total. The maximum Gasteiger partial charge on any atom is 0.323 e. The van der Waals surface area contributed by atoms with Gasteiger partial charge in [-0.3, -0.25) is 33.6 Å². The number of benzene rings is 1. The third-order valence-electron chi connectivity index (χ3n) is 4.79. The Morgan fingerprint density at radius 1 is 0.638 bits per heavy atom. The van der Waals surface area contributed by atoms with Crippen LogP contribution in [0.15, 0.2) is 24.3 Å². The van der Waals surface area contributed by atoms with Gasteiger partial charge in [0.05, 0.1) is 19.1 Å². The van der Waals surface area contributed by atoms with Gasteiger partial charge in [0.2, 0.25) is 11.8 Å². The predicted molar refractivity (Wildman–Crippen MR) is 161 cm³/mol. The Labute approximate surface area is 267 Å². The highest BCUT2D eigenvalue weighted by Crippen LogP contribution is 2.10. The molecule has 0 spiro atoms. The zero-order valence-electron chi connectivity index (χ0n) is 25.3. The number of amides is 2. The maximum atomic E-state index is 10.4. The van der Waals surface area contributed by atoms with E-state index in [1.165, 1.54) is 19.1 Å². The van der Waals surface area contributed by atoms with Gasteiger partial charge in [0.15, 0.2) is 0 Å². The molecule has 0 aliphatic rings. The summed E-state index contributed by atoms with van der Waals surface area (Å²) in [5, 5.41) is 66.2. The Morgan fingerprint density at radius 2 is 1.04 bits per heavy atom. The van der Waals surface area contributed by atoms with Crippen molar-refractivity contribution in [3.63, 3.8) is 0 Å². The summed E-state index contributed by atoms with van der Waals surface area (Å²) in [5.74, 6) is -6.78. The average Bonchev–Trinajstić information content (AvgIpc) is 2.96. The number of primary amides is 2. The normalized spacial score (nSPS) is 13.4. The molecule has 0 aromatic heterocycles. The number of phenolic OH excluding ortho intramolecular Hbond substituents is 1. The molecule has 270 valence electrons. The van der Waals surface area contributed by atoms with E-state index in [2.05, 4.69) is 5.73 Å². The molecule has 0 saturated carbocycles. The van der Waals surface area contributed by atoms with Crippen molar-refractivity contribution in [1.29, 1.82) is 0 Å². The summed E-state index contributed by atoms with van der Waals surface area (Å²) in [6, 6.07) is 0.999. The lowest BCUT2D eigenvalue weighted by Gasteiger charge is -2.06. The largest absolute Gasteiger partial charge is 0.508 e. The third-order valence-corrected chi connectivity index (χ3v) is 4.79. The van der Waals surface area contributed by atoms with Crippen LogP contribution in [-0.2, 0) is 40.0 Å². The number of carbonyl (C=O) groups excluding carboxylic acids is 2. The van der Waals surface area contributed by atoms with E-state index in [1.807, 2.05) is 0 Å². The van der Waals surface area contributed by atoms with Crippen LogP contribution in [0.25, 0.3) is 0 Å². The number of aliphatic carboxylic acids is 5. The van der Waals surface area contributed by atoms with Crippen LogP contribution in [0.1, 0.15) is 31.7 Å². The molecule has 0 unspecified atom stereocenters. The fraction of sp³-hybridized carbons (Fsp3) is 0.480. The first kappa shape index (κ1) is 48.9. The average molecular weight is 684 g/mol. The van der Waals surface area contributed by atoms with Gasteiger partial charge in [-0.1, -0.05) is 12.1 Å². The van der Waals surface area contributed by atoms with E-state index in [0.717, 1.165) is 5.56 Å². The Hall–Kier alpha value is -4.97. The van der Waals surface area contributed by atoms with Crippen molar-refractivity contribution in [2.75, 3.05) is 6.61 Å². The van der Waals surface area contributed by atoms with E-state index in [1.54, 1.807) is 12.1 Å². The molecule has 0 aliphatic heterocycles. The standard InChI is InChI=1S/C9H11NO3.C5H10N2O3.C4H8N2O3.C4H9NO3.C3H7NO3/c10-8(9(12)13)5-6-1-3-7(11)4-2-6;6-3(5(9)10)1-2-4(7)8;5-2(4(8)9)1-3(6)7;1-2(6)3(5)4(7)8;4-2(1-5)3(6)7/h1-4,8,11H,5,10H2,(H,12,13);3H,1-2,6H2,(H2,7,8)(H,9,10);2H,1,5H2,(H2,6,7)(H,8,9);2-3,6H,5H2,1H3,(H,7,8);2,5H,1,4H2,(H,6,7)/t8-;3-;2-;2-,3+;2-/m00010/s1. The summed E-state index contributed by atoms with van der Waals surface area (Å²) in [4.78, 5) is 69.9. The number of rotatable bonds is 14. The molecule has 0 fully saturated rings. The molecule has 47 heavy (non-hydrogen) atoms. The van der Waals surface area contributed by atoms with Crippen molar-refractivity contribution in [2.45, 2.75) is 68.9 Å². The summed E-state index contributed by atoms with van der Waals surface area (Å²) >= 11 is 0. The Bertz CT molecular complexity index is 1120. The van der Waals surface area contributed by atoms with Crippen LogP contribution in [0.3, 0.4) is 0 Å². The van der Waals surface area contributed by atoms with Crippen LogP contribution in [0, 0.1) is 0 Å². The predicted octanol–water partition coefficient (Wildman–Crippen LogP) is -5.55. The van der Waals surface area contributed by atoms with Crippen molar-refractivity contribution >= 4 is 41.7 Å². The van der Waals surface area contributed by atoms with Gasteiger partial charge in [-0.2, -0.15) is 0 Å². The molecule has 1 aromatic rings. The fourth-order valence-electron chi connectivity index (χ4n) is 1.98. The number of hydrogen-bond acceptors (Lipinski definition) is 15. The van der Waals surface area contributed by atoms with Crippen molar-refractivity contribution in [1.82, 2.24) is 0 Å². The minimum absolute atomic E-state index is 0.0213. The first-order chi connectivity index (χ1) is 21.4. The number of hydrogen-bond donors (Lipinski definition) is 15. The summed E-state index contributed by atoms with van der Waals surface area (Å²) in [7, 11) is 0. The van der Waals surface area contributed by atoms with Crippen molar-refractivity contribution < 1.29 is 74.4 Å². The van der Waals surface area contributed by atoms with Gasteiger partial charge in [-0.25, -0.2) is 0 Å². The minimum atomic E-state index is -1.21. The smallest absolute Gasteiger partial charge is 0.323 e. The van der Waals surface area contributed by atoms with Gasteiger partial charge in [0.25, 0.3) is 0 Å². The topological polar surface area (TPSA) is 463 Å². The van der Waals surface area contributed by atoms with Crippen LogP contribution in [0.4, 0.5) is 0 Å². The quantitative estimate of drug-likeness (QED) is 0.0868. The monoisotopic (exact) mass is 683 g/mol. The van der Waals surface area contributed by atoms with Gasteiger partial charge in [-0.05, 0) is 37.5 Å². The summed E-state index contributed by atoms with van der Waals surface area (Å²) < 4.78 is 0. The van der Waals surface area contributed by atoms with E-state index in [-0.39, 0.29) is 31.4 Å². The van der Waals surface area contributed by atoms with Crippen molar-refractivity contribution in [2.24, 2.45) is 40.1 Å². The molecule has 6 atom stereocenters. The lowest BCUT2D eigenvalue weighted by Crippen LogP contribution is -2.39. The summed E-state index contributed by atoms with van der Waals surface area (Å²) in [6.07, 6.45) is -0.893. The number of aliphatic hydroxyl groups is 2. The number of carboxylic acid groups (broad SMARTS) is 5. The molecule has 0 heterocycles. The molecule has 1 aromatic carbocycles. The molecule has 0 radical (unpaired) electrons. The zero-order chi connectivity index (χ0) is 38.0. The third kappa shape index (κ3) is 32.2. The number of aliphatic hydroxyl groups excluding tert-OH is 2. The van der Waals surface area contributed by atoms with Crippen LogP contribution in [0.2, 0.25) is 0 Å². The molecule has 22 heteroatoms. The molecule has 2 amide bonds. The number of aromatic hydroxyl groups is 1. The van der Waals surface area contributed by atoms with E-state index in [0.29, 0.717) is 0 Å². The highest BCUT2D eigenvalue weighted by molar-refractivity contribution is 5.83.